The zero-order valence-electron chi connectivity index (χ0n) is 17.4. The van der Waals surface area contributed by atoms with E-state index in [0.29, 0.717) is 21.5 Å². The lowest BCUT2D eigenvalue weighted by atomic mass is 10.2. The number of anilines is 4. The predicted molar refractivity (Wildman–Crippen MR) is 132 cm³/mol. The Bertz CT molecular complexity index is 1490. The molecule has 4 N–H and O–H groups in total. The molecule has 8 nitrogen and oxygen atoms in total. The molecular formula is C23H18ClN7OS. The molecule has 10 heteroatoms. The molecule has 0 aliphatic rings. The van der Waals surface area contributed by atoms with E-state index >= 15 is 0 Å². The third-order valence-electron chi connectivity index (χ3n) is 4.98. The van der Waals surface area contributed by atoms with E-state index in [1.54, 1.807) is 36.5 Å². The van der Waals surface area contributed by atoms with Crippen LogP contribution in [0.25, 0.3) is 17.0 Å². The molecule has 0 saturated carbocycles. The number of imidazole rings is 1. The molecule has 0 aliphatic carbocycles. The first-order valence-electron chi connectivity index (χ1n) is 9.98. The van der Waals surface area contributed by atoms with Crippen LogP contribution in [0, 0.1) is 6.92 Å². The van der Waals surface area contributed by atoms with Gasteiger partial charge in [0.15, 0.2) is 5.13 Å². The van der Waals surface area contributed by atoms with Crippen LogP contribution in [0.3, 0.4) is 0 Å². The largest absolute Gasteiger partial charge is 0.382 e. The highest BCUT2D eigenvalue weighted by Gasteiger charge is 2.16. The van der Waals surface area contributed by atoms with Crippen molar-refractivity contribution in [1.29, 1.82) is 0 Å². The highest BCUT2D eigenvalue weighted by molar-refractivity contribution is 7.14. The number of amides is 1. The van der Waals surface area contributed by atoms with Crippen molar-refractivity contribution >= 4 is 56.8 Å². The number of thiazole rings is 1. The van der Waals surface area contributed by atoms with Gasteiger partial charge in [-0.2, -0.15) is 0 Å². The van der Waals surface area contributed by atoms with Crippen molar-refractivity contribution in [3.63, 3.8) is 0 Å². The fraction of sp³-hybridized carbons (Fsp3) is 0.0435. The molecule has 0 spiro atoms. The molecule has 4 heterocycles. The molecule has 1 aromatic carbocycles. The number of nitrogen functional groups attached to an aromatic ring is 1. The van der Waals surface area contributed by atoms with Crippen molar-refractivity contribution < 1.29 is 4.79 Å². The minimum Gasteiger partial charge on any atom is -0.382 e. The van der Waals surface area contributed by atoms with Gasteiger partial charge in [0, 0.05) is 22.8 Å². The zero-order valence-corrected chi connectivity index (χ0v) is 19.0. The number of halogens is 1. The second-order valence-corrected chi connectivity index (χ2v) is 8.47. The summed E-state index contributed by atoms with van der Waals surface area (Å²) in [5.41, 5.74) is 10.7. The Hall–Kier alpha value is -3.95. The Morgan fingerprint density at radius 3 is 2.82 bits per heavy atom. The number of aromatic nitrogens is 4. The minimum absolute atomic E-state index is 0.262. The van der Waals surface area contributed by atoms with Gasteiger partial charge in [0.1, 0.15) is 22.3 Å². The maximum absolute atomic E-state index is 12.7. The predicted octanol–water partition coefficient (Wildman–Crippen LogP) is 5.39. The number of hydrogen-bond acceptors (Lipinski definition) is 7. The van der Waals surface area contributed by atoms with Gasteiger partial charge in [-0.05, 0) is 49.4 Å². The summed E-state index contributed by atoms with van der Waals surface area (Å²) in [6.07, 6.45) is 1.57. The average molecular weight is 476 g/mol. The SMILES string of the molecule is Cc1nc2cccc(Cl)n2c1-c1csc(Nc2cccc(C(=O)Nc3cccnc3N)c2)n1. The first kappa shape index (κ1) is 20.9. The normalized spacial score (nSPS) is 11.0. The van der Waals surface area contributed by atoms with E-state index in [2.05, 4.69) is 20.6 Å². The van der Waals surface area contributed by atoms with Crippen LogP contribution < -0.4 is 16.4 Å². The van der Waals surface area contributed by atoms with Gasteiger partial charge in [-0.25, -0.2) is 15.0 Å². The van der Waals surface area contributed by atoms with Crippen LogP contribution in [0.2, 0.25) is 5.15 Å². The summed E-state index contributed by atoms with van der Waals surface area (Å²) >= 11 is 7.86. The molecule has 0 aliphatic heterocycles. The first-order valence-corrected chi connectivity index (χ1v) is 11.2. The number of carbonyl (C=O) groups excluding carboxylic acids is 1. The van der Waals surface area contributed by atoms with E-state index in [1.807, 2.05) is 41.0 Å². The molecule has 0 atom stereocenters. The molecule has 0 fully saturated rings. The molecule has 4 aromatic heterocycles. The van der Waals surface area contributed by atoms with Gasteiger partial charge in [0.2, 0.25) is 0 Å². The van der Waals surface area contributed by atoms with Crippen molar-refractivity contribution in [1.82, 2.24) is 19.4 Å². The number of carbonyl (C=O) groups is 1. The van der Waals surface area contributed by atoms with Crippen LogP contribution in [-0.4, -0.2) is 25.3 Å². The van der Waals surface area contributed by atoms with Gasteiger partial charge in [-0.15, -0.1) is 11.3 Å². The lowest BCUT2D eigenvalue weighted by Crippen LogP contribution is -2.13. The van der Waals surface area contributed by atoms with Gasteiger partial charge in [0.05, 0.1) is 17.1 Å². The van der Waals surface area contributed by atoms with Crippen LogP contribution in [0.1, 0.15) is 16.1 Å². The molecule has 0 unspecified atom stereocenters. The van der Waals surface area contributed by atoms with Crippen molar-refractivity contribution in [3.05, 3.63) is 82.6 Å². The van der Waals surface area contributed by atoms with Crippen molar-refractivity contribution in [3.8, 4) is 11.4 Å². The summed E-state index contributed by atoms with van der Waals surface area (Å²) in [4.78, 5) is 25.9. The Morgan fingerprint density at radius 2 is 1.97 bits per heavy atom. The van der Waals surface area contributed by atoms with E-state index < -0.39 is 0 Å². The summed E-state index contributed by atoms with van der Waals surface area (Å²) < 4.78 is 1.88. The summed E-state index contributed by atoms with van der Waals surface area (Å²) in [6, 6.07) is 16.1. The average Bonchev–Trinajstić information content (AvgIpc) is 3.39. The van der Waals surface area contributed by atoms with Crippen LogP contribution in [0.15, 0.2) is 66.2 Å². The first-order chi connectivity index (χ1) is 16.0. The summed E-state index contributed by atoms with van der Waals surface area (Å²) in [6.45, 7) is 1.93. The highest BCUT2D eigenvalue weighted by atomic mass is 35.5. The van der Waals surface area contributed by atoms with Gasteiger partial charge >= 0.3 is 0 Å². The molecular weight excluding hydrogens is 458 g/mol. The summed E-state index contributed by atoms with van der Waals surface area (Å²) in [5.74, 6) is -0.0209. The van der Waals surface area contributed by atoms with Gasteiger partial charge < -0.3 is 16.4 Å². The maximum atomic E-state index is 12.7. The Kier molecular flexibility index (Phi) is 5.41. The van der Waals surface area contributed by atoms with E-state index in [1.165, 1.54) is 11.3 Å². The Morgan fingerprint density at radius 1 is 1.12 bits per heavy atom. The molecule has 0 bridgehead atoms. The number of nitrogens with two attached hydrogens (primary N) is 1. The molecule has 33 heavy (non-hydrogen) atoms. The summed E-state index contributed by atoms with van der Waals surface area (Å²) in [7, 11) is 0. The number of pyridine rings is 2. The van der Waals surface area contributed by atoms with Gasteiger partial charge in [-0.1, -0.05) is 23.7 Å². The van der Waals surface area contributed by atoms with Crippen molar-refractivity contribution in [2.75, 3.05) is 16.4 Å². The fourth-order valence-corrected chi connectivity index (χ4v) is 4.45. The van der Waals surface area contributed by atoms with E-state index in [-0.39, 0.29) is 11.7 Å². The second kappa shape index (κ2) is 8.53. The third-order valence-corrected chi connectivity index (χ3v) is 6.03. The summed E-state index contributed by atoms with van der Waals surface area (Å²) in [5, 5.41) is 9.24. The number of aryl methyl sites for hydroxylation is 1. The lowest BCUT2D eigenvalue weighted by molar-refractivity contribution is 0.102. The molecule has 164 valence electrons. The van der Waals surface area contributed by atoms with Crippen LogP contribution in [0.5, 0.6) is 0 Å². The quantitative estimate of drug-likeness (QED) is 0.294. The maximum Gasteiger partial charge on any atom is 0.255 e. The smallest absolute Gasteiger partial charge is 0.255 e. The Balaban J connectivity index is 1.38. The van der Waals surface area contributed by atoms with Gasteiger partial charge in [-0.3, -0.25) is 9.20 Å². The van der Waals surface area contributed by atoms with E-state index in [4.69, 9.17) is 22.3 Å². The Labute approximate surface area is 198 Å². The molecule has 5 aromatic rings. The van der Waals surface area contributed by atoms with Gasteiger partial charge in [0.25, 0.3) is 5.91 Å². The van der Waals surface area contributed by atoms with E-state index in [9.17, 15) is 4.79 Å². The third kappa shape index (κ3) is 4.11. The number of hydrogen-bond donors (Lipinski definition) is 3. The number of rotatable bonds is 5. The number of benzene rings is 1. The molecule has 1 amide bonds. The second-order valence-electron chi connectivity index (χ2n) is 7.22. The van der Waals surface area contributed by atoms with Crippen molar-refractivity contribution in [2.45, 2.75) is 6.92 Å². The molecule has 0 saturated heterocycles. The highest BCUT2D eigenvalue weighted by Crippen LogP contribution is 2.31. The van der Waals surface area contributed by atoms with Crippen LogP contribution in [-0.2, 0) is 0 Å². The monoisotopic (exact) mass is 475 g/mol. The lowest BCUT2D eigenvalue weighted by Gasteiger charge is -2.09. The van der Waals surface area contributed by atoms with Crippen molar-refractivity contribution in [2.24, 2.45) is 0 Å². The fourth-order valence-electron chi connectivity index (χ4n) is 3.49. The number of nitrogens with zero attached hydrogens (tertiary/aromatic N) is 4. The zero-order chi connectivity index (χ0) is 22.9. The standard InChI is InChI=1S/C23H18ClN7OS/c1-13-20(31-18(24)8-3-9-19(31)27-13)17-12-33-23(30-17)28-15-6-2-5-14(11-15)22(32)29-16-7-4-10-26-21(16)25/h2-12H,1H3,(H2,25,26)(H,28,30)(H,29,32). The molecule has 0 radical (unpaired) electrons. The number of fused-ring (bicyclic) bond motifs is 1. The van der Waals surface area contributed by atoms with Crippen LogP contribution in [0.4, 0.5) is 22.3 Å². The van der Waals surface area contributed by atoms with E-state index in [0.717, 1.165) is 28.4 Å². The molecule has 5 rings (SSSR count). The van der Waals surface area contributed by atoms with Crippen LogP contribution >= 0.6 is 22.9 Å². The minimum atomic E-state index is -0.283. The number of nitrogens with one attached hydrogen (secondary N) is 2. The topological polar surface area (TPSA) is 110 Å².